The van der Waals surface area contributed by atoms with E-state index in [0.29, 0.717) is 12.8 Å². The molecular formula is C15H18O5. The molecular weight excluding hydrogens is 260 g/mol. The monoisotopic (exact) mass is 278 g/mol. The zero-order valence-electron chi connectivity index (χ0n) is 11.3. The van der Waals surface area contributed by atoms with Crippen LogP contribution in [-0.4, -0.2) is 48.2 Å². The van der Waals surface area contributed by atoms with E-state index in [4.69, 9.17) is 4.74 Å². The highest BCUT2D eigenvalue weighted by Crippen LogP contribution is 2.06. The highest BCUT2D eigenvalue weighted by molar-refractivity contribution is 5.81. The molecule has 0 saturated heterocycles. The maximum atomic E-state index is 10.9. The molecule has 1 rings (SSSR count). The van der Waals surface area contributed by atoms with Gasteiger partial charge in [0.05, 0.1) is 13.7 Å². The first kappa shape index (κ1) is 16.3. The van der Waals surface area contributed by atoms with Crippen molar-refractivity contribution >= 4 is 5.97 Å². The molecule has 1 unspecified atom stereocenters. The molecule has 0 heterocycles. The second-order valence-corrected chi connectivity index (χ2v) is 4.14. The number of hydrogen-bond acceptors (Lipinski definition) is 5. The molecule has 0 spiro atoms. The van der Waals surface area contributed by atoms with Gasteiger partial charge in [-0.1, -0.05) is 23.8 Å². The fraction of sp³-hybridized carbons (Fsp3) is 0.533. The molecule has 0 aromatic rings. The summed E-state index contributed by atoms with van der Waals surface area (Å²) < 4.78 is 9.93. The second-order valence-electron chi connectivity index (χ2n) is 4.14. The first-order valence-corrected chi connectivity index (χ1v) is 6.35. The summed E-state index contributed by atoms with van der Waals surface area (Å²) in [6.07, 6.45) is 2.18. The summed E-state index contributed by atoms with van der Waals surface area (Å²) in [6.45, 7) is 0.221. The number of aliphatic hydroxyl groups is 2. The van der Waals surface area contributed by atoms with E-state index in [1.54, 1.807) is 0 Å². The Balaban J connectivity index is 2.51. The van der Waals surface area contributed by atoms with Crippen LogP contribution in [0.3, 0.4) is 0 Å². The zero-order valence-corrected chi connectivity index (χ0v) is 11.3. The van der Waals surface area contributed by atoms with Crippen LogP contribution in [0, 0.1) is 23.7 Å². The molecule has 1 aliphatic rings. The van der Waals surface area contributed by atoms with Gasteiger partial charge in [-0.25, -0.2) is 4.79 Å². The number of hydrogen-bond donors (Lipinski definition) is 2. The minimum absolute atomic E-state index is 0.221. The number of methoxy groups -OCH3 is 1. The van der Waals surface area contributed by atoms with Crippen LogP contribution in [0.5, 0.6) is 0 Å². The van der Waals surface area contributed by atoms with E-state index in [2.05, 4.69) is 28.4 Å². The van der Waals surface area contributed by atoms with Crippen LogP contribution >= 0.6 is 0 Å². The summed E-state index contributed by atoms with van der Waals surface area (Å²) in [5.41, 5.74) is 0. The Bertz CT molecular complexity index is 460. The third-order valence-corrected chi connectivity index (χ3v) is 2.56. The molecule has 0 aromatic carbocycles. The van der Waals surface area contributed by atoms with Crippen LogP contribution in [-0.2, 0) is 14.3 Å². The number of esters is 1. The highest BCUT2D eigenvalue weighted by Gasteiger charge is 2.12. The van der Waals surface area contributed by atoms with Crippen molar-refractivity contribution in [3.05, 3.63) is 12.2 Å². The van der Waals surface area contributed by atoms with Crippen LogP contribution in [0.2, 0.25) is 0 Å². The van der Waals surface area contributed by atoms with Gasteiger partial charge in [0.15, 0.2) is 12.2 Å². The minimum Gasteiger partial charge on any atom is -0.466 e. The Morgan fingerprint density at radius 2 is 2.05 bits per heavy atom. The van der Waals surface area contributed by atoms with Crippen LogP contribution < -0.4 is 0 Å². The fourth-order valence-electron chi connectivity index (χ4n) is 1.47. The van der Waals surface area contributed by atoms with Crippen molar-refractivity contribution in [2.45, 2.75) is 37.6 Å². The molecule has 0 bridgehead atoms. The lowest BCUT2D eigenvalue weighted by Crippen LogP contribution is -2.23. The van der Waals surface area contributed by atoms with Crippen molar-refractivity contribution in [2.75, 3.05) is 13.7 Å². The van der Waals surface area contributed by atoms with E-state index >= 15 is 0 Å². The van der Waals surface area contributed by atoms with Gasteiger partial charge in [0.1, 0.15) is 6.10 Å². The zero-order chi connectivity index (χ0) is 14.8. The van der Waals surface area contributed by atoms with E-state index in [9.17, 15) is 15.0 Å². The van der Waals surface area contributed by atoms with Crippen LogP contribution in [0.1, 0.15) is 19.3 Å². The molecule has 0 aromatic heterocycles. The molecule has 20 heavy (non-hydrogen) atoms. The predicted molar refractivity (Wildman–Crippen MR) is 72.3 cm³/mol. The van der Waals surface area contributed by atoms with E-state index in [1.165, 1.54) is 19.3 Å². The molecule has 5 heteroatoms. The van der Waals surface area contributed by atoms with Crippen molar-refractivity contribution in [1.82, 2.24) is 0 Å². The van der Waals surface area contributed by atoms with Gasteiger partial charge in [0.25, 0.3) is 0 Å². The van der Waals surface area contributed by atoms with Gasteiger partial charge in [-0.2, -0.15) is 0 Å². The SMILES string of the molecule is COC(=O)/C=C/COC1C#C[C@@H](O)[C@H](O)C#CCCC1. The molecule has 0 fully saturated rings. The van der Waals surface area contributed by atoms with Gasteiger partial charge in [0, 0.05) is 12.5 Å². The summed E-state index contributed by atoms with van der Waals surface area (Å²) in [6, 6.07) is 0. The van der Waals surface area contributed by atoms with Gasteiger partial charge in [0.2, 0.25) is 0 Å². The van der Waals surface area contributed by atoms with Gasteiger partial charge >= 0.3 is 5.97 Å². The molecule has 1 aliphatic carbocycles. The van der Waals surface area contributed by atoms with Crippen molar-refractivity contribution in [3.8, 4) is 23.7 Å². The Morgan fingerprint density at radius 1 is 1.30 bits per heavy atom. The van der Waals surface area contributed by atoms with Gasteiger partial charge in [-0.15, -0.1) is 5.92 Å². The molecule has 108 valence electrons. The minimum atomic E-state index is -1.20. The Morgan fingerprint density at radius 3 is 2.80 bits per heavy atom. The lowest BCUT2D eigenvalue weighted by Gasteiger charge is -2.12. The van der Waals surface area contributed by atoms with Crippen molar-refractivity contribution in [2.24, 2.45) is 0 Å². The summed E-state index contributed by atoms with van der Waals surface area (Å²) in [5.74, 6) is 10.2. The van der Waals surface area contributed by atoms with Crippen molar-refractivity contribution in [3.63, 3.8) is 0 Å². The smallest absolute Gasteiger partial charge is 0.330 e. The van der Waals surface area contributed by atoms with E-state index in [1.807, 2.05) is 0 Å². The lowest BCUT2D eigenvalue weighted by atomic mass is 10.1. The molecule has 0 saturated carbocycles. The average Bonchev–Trinajstić information content (AvgIpc) is 2.46. The lowest BCUT2D eigenvalue weighted by molar-refractivity contribution is -0.134. The van der Waals surface area contributed by atoms with Crippen molar-refractivity contribution in [1.29, 1.82) is 0 Å². The standard InChI is InChI=1S/C15H18O5/c1-19-15(18)8-5-11-20-12-6-3-2-4-7-13(16)14(17)10-9-12/h5,8,12-14,16-17H,2-3,6,11H2,1H3/b8-5+/t12?,13-,14-/m1/s1. The van der Waals surface area contributed by atoms with Crippen LogP contribution in [0.4, 0.5) is 0 Å². The summed E-state index contributed by atoms with van der Waals surface area (Å²) in [7, 11) is 1.30. The molecule has 2 N–H and O–H groups in total. The normalized spacial score (nSPS) is 26.1. The average molecular weight is 278 g/mol. The summed E-state index contributed by atoms with van der Waals surface area (Å²) in [4.78, 5) is 10.9. The maximum Gasteiger partial charge on any atom is 0.330 e. The molecule has 5 nitrogen and oxygen atoms in total. The van der Waals surface area contributed by atoms with Crippen LogP contribution in [0.15, 0.2) is 12.2 Å². The maximum absolute atomic E-state index is 10.9. The van der Waals surface area contributed by atoms with E-state index in [-0.39, 0.29) is 12.7 Å². The van der Waals surface area contributed by atoms with Gasteiger partial charge in [-0.05, 0) is 12.8 Å². The topological polar surface area (TPSA) is 76.0 Å². The third kappa shape index (κ3) is 6.40. The first-order chi connectivity index (χ1) is 9.63. The van der Waals surface area contributed by atoms with Crippen LogP contribution in [0.25, 0.3) is 0 Å². The molecule has 0 amide bonds. The van der Waals surface area contributed by atoms with E-state index < -0.39 is 18.2 Å². The third-order valence-electron chi connectivity index (χ3n) is 2.56. The van der Waals surface area contributed by atoms with E-state index in [0.717, 1.165) is 6.42 Å². The van der Waals surface area contributed by atoms with Gasteiger partial charge < -0.3 is 19.7 Å². The quantitative estimate of drug-likeness (QED) is 0.430. The predicted octanol–water partition coefficient (Wildman–Crippen LogP) is 0.0133. The van der Waals surface area contributed by atoms with Crippen molar-refractivity contribution < 1.29 is 24.5 Å². The highest BCUT2D eigenvalue weighted by atomic mass is 16.5. The Kier molecular flexibility index (Phi) is 7.46. The molecule has 0 aliphatic heterocycles. The number of carbonyl (C=O) groups is 1. The summed E-state index contributed by atoms with van der Waals surface area (Å²) in [5, 5.41) is 19.0. The Labute approximate surface area is 118 Å². The fourth-order valence-corrected chi connectivity index (χ4v) is 1.47. The Hall–Kier alpha value is -1.79. The first-order valence-electron chi connectivity index (χ1n) is 6.35. The number of aliphatic hydroxyl groups excluding tert-OH is 2. The molecule has 0 radical (unpaired) electrons. The number of ether oxygens (including phenoxy) is 2. The van der Waals surface area contributed by atoms with Gasteiger partial charge in [-0.3, -0.25) is 0 Å². The summed E-state index contributed by atoms with van der Waals surface area (Å²) >= 11 is 0. The number of carbonyl (C=O) groups excluding carboxylic acids is 1. The number of rotatable bonds is 4. The largest absolute Gasteiger partial charge is 0.466 e. The second kappa shape index (κ2) is 9.17. The molecule has 3 atom stereocenters.